The first-order valence-corrected chi connectivity index (χ1v) is 3.86. The van der Waals surface area contributed by atoms with Crippen molar-refractivity contribution in [1.29, 1.82) is 0 Å². The highest BCUT2D eigenvalue weighted by atomic mass is 31.2. The lowest BCUT2D eigenvalue weighted by molar-refractivity contribution is 0.501. The van der Waals surface area contributed by atoms with E-state index in [0.29, 0.717) is 0 Å². The van der Waals surface area contributed by atoms with Crippen LogP contribution in [0.1, 0.15) is 0 Å². The van der Waals surface area contributed by atoms with Gasteiger partial charge in [-0.2, -0.15) is 17.6 Å². The summed E-state index contributed by atoms with van der Waals surface area (Å²) in [6, 6.07) is 0. The molecule has 0 aromatic carbocycles. The Morgan fingerprint density at radius 3 is 1.09 bits per heavy atom. The smallest absolute Gasteiger partial charge is 0.196 e. The lowest BCUT2D eigenvalue weighted by Gasteiger charge is -1.89. The molecule has 0 nitrogen and oxygen atoms in total. The van der Waals surface area contributed by atoms with Gasteiger partial charge in [0.2, 0.25) is 11.7 Å². The second kappa shape index (κ2) is 2.24. The molecule has 0 saturated carbocycles. The van der Waals surface area contributed by atoms with Gasteiger partial charge >= 0.3 is 19.0 Å². The number of hydrogen-bond donors (Lipinski definition) is 0. The molecule has 0 aliphatic carbocycles. The molecule has 0 radical (unpaired) electrons. The summed E-state index contributed by atoms with van der Waals surface area (Å²) >= 11 is 0. The van der Waals surface area contributed by atoms with E-state index in [0.717, 1.165) is 0 Å². The molecule has 0 saturated heterocycles. The molecule has 1 rings (SSSR count). The average molecular weight is 193 g/mol. The van der Waals surface area contributed by atoms with E-state index in [2.05, 4.69) is 0 Å². The number of hydrogen-bond acceptors (Lipinski definition) is 0. The Kier molecular flexibility index (Phi) is 1.75. The zero-order valence-corrected chi connectivity index (χ0v) is 5.61. The highest BCUT2D eigenvalue weighted by Gasteiger charge is 2.65. The number of halogens is 6. The largest absolute Gasteiger partial charge is 0.514 e. The maximum Gasteiger partial charge on any atom is 0.514 e. The molecule has 0 aromatic heterocycles. The van der Waals surface area contributed by atoms with Gasteiger partial charge in [0.1, 0.15) is 0 Å². The summed E-state index contributed by atoms with van der Waals surface area (Å²) in [5.41, 5.74) is -5.21. The van der Waals surface area contributed by atoms with Gasteiger partial charge in [-0.3, -0.25) is 0 Å². The van der Waals surface area contributed by atoms with Gasteiger partial charge in [0.05, 0.1) is 0 Å². The maximum atomic E-state index is 12.0. The van der Waals surface area contributed by atoms with Crippen LogP contribution in [0.2, 0.25) is 0 Å². The molecule has 0 amide bonds. The van der Waals surface area contributed by atoms with Gasteiger partial charge in [-0.15, -0.1) is 0 Å². The summed E-state index contributed by atoms with van der Waals surface area (Å²) < 4.78 is 71.4. The van der Waals surface area contributed by atoms with Crippen LogP contribution in [0.3, 0.4) is 0 Å². The molecule has 1 aliphatic heterocycles. The topological polar surface area (TPSA) is 0 Å². The van der Waals surface area contributed by atoms with Crippen LogP contribution in [0.4, 0.5) is 26.0 Å². The first-order chi connectivity index (χ1) is 4.89. The quantitative estimate of drug-likeness (QED) is 0.402. The van der Waals surface area contributed by atoms with Gasteiger partial charge < -0.3 is 0 Å². The first-order valence-electron chi connectivity index (χ1n) is 2.29. The monoisotopic (exact) mass is 193 g/mol. The molecule has 1 heterocycles. The second-order valence-electron chi connectivity index (χ2n) is 1.72. The van der Waals surface area contributed by atoms with Crippen LogP contribution in [0, 0.1) is 0 Å². The van der Waals surface area contributed by atoms with Crippen LogP contribution in [0.25, 0.3) is 0 Å². The van der Waals surface area contributed by atoms with E-state index < -0.39 is 30.7 Å². The molecular formula is C4F6P+. The summed E-state index contributed by atoms with van der Waals surface area (Å²) in [5.74, 6) is -4.83. The third-order valence-electron chi connectivity index (χ3n) is 1.05. The SMILES string of the molecule is FC1=C(F)[P+](F)(F)C(F)=C1F. The van der Waals surface area contributed by atoms with Crippen molar-refractivity contribution in [3.63, 3.8) is 0 Å². The van der Waals surface area contributed by atoms with Crippen molar-refractivity contribution in [3.05, 3.63) is 22.8 Å². The molecule has 0 bridgehead atoms. The Morgan fingerprint density at radius 2 is 1.00 bits per heavy atom. The van der Waals surface area contributed by atoms with Gasteiger partial charge in [0.25, 0.3) is 0 Å². The van der Waals surface area contributed by atoms with E-state index in [1.165, 1.54) is 0 Å². The summed E-state index contributed by atoms with van der Waals surface area (Å²) in [4.78, 5) is 0. The Morgan fingerprint density at radius 1 is 0.727 bits per heavy atom. The van der Waals surface area contributed by atoms with Gasteiger partial charge in [-0.05, 0) is 8.39 Å². The summed E-state index contributed by atoms with van der Waals surface area (Å²) in [6.45, 7) is 0. The minimum absolute atomic E-state index is 2.42. The van der Waals surface area contributed by atoms with E-state index >= 15 is 0 Å². The van der Waals surface area contributed by atoms with Crippen LogP contribution in [0.5, 0.6) is 0 Å². The van der Waals surface area contributed by atoms with Crippen molar-refractivity contribution in [2.24, 2.45) is 0 Å². The van der Waals surface area contributed by atoms with Crippen LogP contribution < -0.4 is 0 Å². The van der Waals surface area contributed by atoms with E-state index in [1.54, 1.807) is 0 Å². The number of rotatable bonds is 0. The predicted molar refractivity (Wildman–Crippen MR) is 27.6 cm³/mol. The van der Waals surface area contributed by atoms with Crippen molar-refractivity contribution < 1.29 is 26.0 Å². The lowest BCUT2D eigenvalue weighted by Crippen LogP contribution is -1.72. The zero-order valence-electron chi connectivity index (χ0n) is 4.72. The van der Waals surface area contributed by atoms with Gasteiger partial charge in [0, 0.05) is 0 Å². The lowest BCUT2D eigenvalue weighted by atomic mass is 10.5. The van der Waals surface area contributed by atoms with Crippen molar-refractivity contribution in [2.75, 3.05) is 0 Å². The minimum atomic E-state index is -5.91. The molecule has 0 fully saturated rings. The Hall–Kier alpha value is -0.510. The first kappa shape index (κ1) is 8.59. The molecule has 11 heavy (non-hydrogen) atoms. The molecule has 0 aromatic rings. The molecule has 0 unspecified atom stereocenters. The van der Waals surface area contributed by atoms with Crippen molar-refractivity contribution in [1.82, 2.24) is 0 Å². The van der Waals surface area contributed by atoms with Crippen LogP contribution >= 0.6 is 7.88 Å². The van der Waals surface area contributed by atoms with Gasteiger partial charge in [-0.1, -0.05) is 0 Å². The van der Waals surface area contributed by atoms with Gasteiger partial charge in [-0.25, -0.2) is 0 Å². The Labute approximate surface area is 57.8 Å². The van der Waals surface area contributed by atoms with Crippen molar-refractivity contribution >= 4 is 7.88 Å². The second-order valence-corrected chi connectivity index (χ2v) is 3.54. The fourth-order valence-corrected chi connectivity index (χ4v) is 1.38. The average Bonchev–Trinajstić information content (AvgIpc) is 2.06. The van der Waals surface area contributed by atoms with E-state index in [9.17, 15) is 26.0 Å². The molecule has 7 heteroatoms. The Bertz CT molecular complexity index is 238. The molecule has 62 valence electrons. The Balaban J connectivity index is 3.27. The van der Waals surface area contributed by atoms with E-state index in [4.69, 9.17) is 0 Å². The predicted octanol–water partition coefficient (Wildman–Crippen LogP) is 4.00. The molecular weight excluding hydrogens is 193 g/mol. The number of allylic oxidation sites excluding steroid dienone is 2. The summed E-state index contributed by atoms with van der Waals surface area (Å²) in [6.07, 6.45) is 0. The fraction of sp³-hybridized carbons (Fsp3) is 0. The normalized spacial score (nSPS) is 23.5. The molecule has 0 N–H and O–H groups in total. The summed E-state index contributed by atoms with van der Waals surface area (Å²) in [5, 5.41) is 0. The highest BCUT2D eigenvalue weighted by Crippen LogP contribution is 2.81. The zero-order chi connectivity index (χ0) is 8.81. The molecule has 0 atom stereocenters. The third-order valence-corrected chi connectivity index (χ3v) is 2.43. The standard InChI is InChI=1S/C4F6P/c5-1-2(6)4(8)11(9,10)3(1)7/q+1. The summed E-state index contributed by atoms with van der Waals surface area (Å²) in [7, 11) is -5.91. The molecule has 0 spiro atoms. The highest BCUT2D eigenvalue weighted by molar-refractivity contribution is 7.73. The minimum Gasteiger partial charge on any atom is -0.196 e. The van der Waals surface area contributed by atoms with Gasteiger partial charge in [0.15, 0.2) is 0 Å². The maximum absolute atomic E-state index is 12.0. The fourth-order valence-electron chi connectivity index (χ4n) is 0.514. The molecule has 1 aliphatic rings. The van der Waals surface area contributed by atoms with Crippen LogP contribution in [-0.2, 0) is 0 Å². The van der Waals surface area contributed by atoms with Crippen molar-refractivity contribution in [2.45, 2.75) is 0 Å². The van der Waals surface area contributed by atoms with Crippen molar-refractivity contribution in [3.8, 4) is 0 Å². The third kappa shape index (κ3) is 0.965. The van der Waals surface area contributed by atoms with Crippen LogP contribution in [0.15, 0.2) is 22.8 Å². The van der Waals surface area contributed by atoms with E-state index in [1.807, 2.05) is 0 Å². The van der Waals surface area contributed by atoms with E-state index in [-0.39, 0.29) is 0 Å². The van der Waals surface area contributed by atoms with Crippen LogP contribution in [-0.4, -0.2) is 0 Å².